The van der Waals surface area contributed by atoms with Crippen LogP contribution >= 0.6 is 11.8 Å². The number of nitrogens with one attached hydrogen (secondary N) is 2. The van der Waals surface area contributed by atoms with Crippen molar-refractivity contribution in [3.63, 3.8) is 0 Å². The first kappa shape index (κ1) is 22.1. The number of thioether (sulfide) groups is 1. The molecule has 5 atom stereocenters. The van der Waals surface area contributed by atoms with Gasteiger partial charge in [-0.05, 0) is 37.7 Å². The first-order valence-electron chi connectivity index (χ1n) is 11.2. The second-order valence-corrected chi connectivity index (χ2v) is 10.3. The lowest BCUT2D eigenvalue weighted by molar-refractivity contribution is -0.140. The van der Waals surface area contributed by atoms with E-state index in [1.165, 1.54) is 0 Å². The third-order valence-electron chi connectivity index (χ3n) is 6.96. The van der Waals surface area contributed by atoms with Crippen molar-refractivity contribution in [1.29, 1.82) is 0 Å². The minimum Gasteiger partial charge on any atom is -0.396 e. The van der Waals surface area contributed by atoms with Gasteiger partial charge in [-0.3, -0.25) is 14.4 Å². The minimum absolute atomic E-state index is 0.0628. The van der Waals surface area contributed by atoms with Crippen LogP contribution in [-0.2, 0) is 20.9 Å². The number of unbranched alkanes of at least 4 members (excludes halogenated alkanes) is 2. The highest BCUT2D eigenvalue weighted by Crippen LogP contribution is 2.66. The quantitative estimate of drug-likeness (QED) is 0.498. The number of likely N-dealkylation sites (tertiary alicyclic amines) is 1. The molecule has 3 heterocycles. The SMILES string of the molecule is CNC(=O)[C@@H]1[C@H]2C(=O)N(CCCCCO)C(C(=O)NCc3ccccc3)C23CC[C@H]1S3. The van der Waals surface area contributed by atoms with Crippen LogP contribution in [0.15, 0.2) is 30.3 Å². The zero-order chi connectivity index (χ0) is 22.0. The van der Waals surface area contributed by atoms with E-state index in [1.807, 2.05) is 30.3 Å². The molecule has 0 saturated carbocycles. The topological polar surface area (TPSA) is 98.7 Å². The van der Waals surface area contributed by atoms with Crippen LogP contribution in [0.1, 0.15) is 37.7 Å². The summed E-state index contributed by atoms with van der Waals surface area (Å²) < 4.78 is -0.531. The molecule has 1 aromatic carbocycles. The summed E-state index contributed by atoms with van der Waals surface area (Å²) >= 11 is 1.69. The Morgan fingerprint density at radius 3 is 2.68 bits per heavy atom. The van der Waals surface area contributed by atoms with Crippen LogP contribution in [0, 0.1) is 11.8 Å². The molecule has 0 aliphatic carbocycles. The molecule has 168 valence electrons. The molecule has 7 nitrogen and oxygen atoms in total. The van der Waals surface area contributed by atoms with E-state index in [0.717, 1.165) is 31.2 Å². The van der Waals surface area contributed by atoms with Crippen molar-refractivity contribution >= 4 is 29.5 Å². The molecule has 3 N–H and O–H groups in total. The zero-order valence-electron chi connectivity index (χ0n) is 17.9. The average molecular weight is 446 g/mol. The molecule has 31 heavy (non-hydrogen) atoms. The first-order valence-corrected chi connectivity index (χ1v) is 12.0. The number of aliphatic hydroxyl groups excluding tert-OH is 1. The lowest BCUT2D eigenvalue weighted by atomic mass is 9.71. The summed E-state index contributed by atoms with van der Waals surface area (Å²) in [6.45, 7) is 1.01. The van der Waals surface area contributed by atoms with Gasteiger partial charge in [-0.25, -0.2) is 0 Å². The normalized spacial score (nSPS) is 31.0. The monoisotopic (exact) mass is 445 g/mol. The van der Waals surface area contributed by atoms with Gasteiger partial charge in [0.2, 0.25) is 17.7 Å². The van der Waals surface area contributed by atoms with Gasteiger partial charge in [0.15, 0.2) is 0 Å². The number of nitrogens with zero attached hydrogens (tertiary/aromatic N) is 1. The highest BCUT2D eigenvalue weighted by molar-refractivity contribution is 8.02. The van der Waals surface area contributed by atoms with Crippen molar-refractivity contribution in [2.45, 2.75) is 54.7 Å². The van der Waals surface area contributed by atoms with E-state index in [2.05, 4.69) is 10.6 Å². The predicted octanol–water partition coefficient (Wildman–Crippen LogP) is 1.30. The standard InChI is InChI=1S/C23H31N3O4S/c1-24-20(28)17-16-10-11-23(31-16)18(17)22(30)26(12-6-3-7-13-27)19(23)21(29)25-14-15-8-4-2-5-9-15/h2,4-5,8-9,16-19,27H,3,6-7,10-14H2,1H3,(H,24,28)(H,25,29)/t16-,17+,18+,19?,23?/m1/s1. The summed E-state index contributed by atoms with van der Waals surface area (Å²) in [7, 11) is 1.61. The van der Waals surface area contributed by atoms with E-state index in [4.69, 9.17) is 5.11 Å². The van der Waals surface area contributed by atoms with Crippen molar-refractivity contribution in [2.24, 2.45) is 11.8 Å². The first-order chi connectivity index (χ1) is 15.0. The Labute approximate surface area is 187 Å². The van der Waals surface area contributed by atoms with Crippen LogP contribution < -0.4 is 10.6 Å². The second kappa shape index (κ2) is 9.20. The Morgan fingerprint density at radius 1 is 1.19 bits per heavy atom. The second-order valence-electron chi connectivity index (χ2n) is 8.69. The Morgan fingerprint density at radius 2 is 1.97 bits per heavy atom. The molecule has 2 unspecified atom stereocenters. The maximum atomic E-state index is 13.6. The van der Waals surface area contributed by atoms with Gasteiger partial charge in [-0.2, -0.15) is 0 Å². The third kappa shape index (κ3) is 3.84. The number of carbonyl (C=O) groups is 3. The molecule has 3 saturated heterocycles. The van der Waals surface area contributed by atoms with Crippen molar-refractivity contribution in [3.8, 4) is 0 Å². The Hall–Kier alpha value is -2.06. The van der Waals surface area contributed by atoms with Crippen LogP contribution in [0.5, 0.6) is 0 Å². The summed E-state index contributed by atoms with van der Waals surface area (Å²) in [5.41, 5.74) is 1.01. The lowest BCUT2D eigenvalue weighted by Crippen LogP contribution is -2.53. The van der Waals surface area contributed by atoms with Gasteiger partial charge in [-0.15, -0.1) is 11.8 Å². The molecular formula is C23H31N3O4S. The predicted molar refractivity (Wildman–Crippen MR) is 119 cm³/mol. The Bertz CT molecular complexity index is 835. The number of carbonyl (C=O) groups excluding carboxylic acids is 3. The molecule has 3 fully saturated rings. The van der Waals surface area contributed by atoms with Crippen LogP contribution in [0.3, 0.4) is 0 Å². The fourth-order valence-electron chi connectivity index (χ4n) is 5.61. The molecule has 3 amide bonds. The summed E-state index contributed by atoms with van der Waals surface area (Å²) in [4.78, 5) is 41.4. The van der Waals surface area contributed by atoms with Crippen LogP contribution in [-0.4, -0.2) is 64.0 Å². The van der Waals surface area contributed by atoms with Crippen LogP contribution in [0.4, 0.5) is 0 Å². The number of fused-ring (bicyclic) bond motifs is 1. The van der Waals surface area contributed by atoms with E-state index in [1.54, 1.807) is 23.7 Å². The van der Waals surface area contributed by atoms with Crippen molar-refractivity contribution in [1.82, 2.24) is 15.5 Å². The van der Waals surface area contributed by atoms with E-state index < -0.39 is 16.7 Å². The number of rotatable bonds is 9. The number of benzene rings is 1. The fourth-order valence-corrected chi connectivity index (χ4v) is 7.83. The average Bonchev–Trinajstić information content (AvgIpc) is 3.43. The summed E-state index contributed by atoms with van der Waals surface area (Å²) in [6, 6.07) is 9.17. The van der Waals surface area contributed by atoms with Crippen molar-refractivity contribution < 1.29 is 19.5 Å². The van der Waals surface area contributed by atoms with Crippen LogP contribution in [0.25, 0.3) is 0 Å². The highest BCUT2D eigenvalue weighted by atomic mass is 32.2. The number of hydrogen-bond acceptors (Lipinski definition) is 5. The van der Waals surface area contributed by atoms with Gasteiger partial charge >= 0.3 is 0 Å². The summed E-state index contributed by atoms with van der Waals surface area (Å²) in [5, 5.41) is 15.0. The zero-order valence-corrected chi connectivity index (χ0v) is 18.7. The molecule has 3 aliphatic rings. The maximum absolute atomic E-state index is 13.6. The van der Waals surface area contributed by atoms with Gasteiger partial charge in [0.05, 0.1) is 16.6 Å². The van der Waals surface area contributed by atoms with E-state index in [0.29, 0.717) is 19.5 Å². The van der Waals surface area contributed by atoms with Gasteiger partial charge in [0.25, 0.3) is 0 Å². The smallest absolute Gasteiger partial charge is 0.244 e. The minimum atomic E-state index is -0.563. The Balaban J connectivity index is 1.58. The third-order valence-corrected chi connectivity index (χ3v) is 8.92. The molecule has 8 heteroatoms. The van der Waals surface area contributed by atoms with E-state index in [-0.39, 0.29) is 35.5 Å². The molecule has 0 radical (unpaired) electrons. The molecule has 1 aromatic rings. The largest absolute Gasteiger partial charge is 0.396 e. The maximum Gasteiger partial charge on any atom is 0.244 e. The van der Waals surface area contributed by atoms with E-state index >= 15 is 0 Å². The Kier molecular flexibility index (Phi) is 6.57. The van der Waals surface area contributed by atoms with Gasteiger partial charge < -0.3 is 20.6 Å². The van der Waals surface area contributed by atoms with E-state index in [9.17, 15) is 14.4 Å². The van der Waals surface area contributed by atoms with Gasteiger partial charge in [-0.1, -0.05) is 30.3 Å². The number of amides is 3. The molecule has 4 rings (SSSR count). The van der Waals surface area contributed by atoms with Crippen LogP contribution in [0.2, 0.25) is 0 Å². The molecular weight excluding hydrogens is 414 g/mol. The molecule has 1 spiro atoms. The highest BCUT2D eigenvalue weighted by Gasteiger charge is 2.73. The fraction of sp³-hybridized carbons (Fsp3) is 0.609. The molecule has 0 aromatic heterocycles. The van der Waals surface area contributed by atoms with Crippen molar-refractivity contribution in [3.05, 3.63) is 35.9 Å². The summed E-state index contributed by atoms with van der Waals surface area (Å²) in [6.07, 6.45) is 3.84. The van der Waals surface area contributed by atoms with Gasteiger partial charge in [0, 0.05) is 32.0 Å². The van der Waals surface area contributed by atoms with Gasteiger partial charge in [0.1, 0.15) is 6.04 Å². The summed E-state index contributed by atoms with van der Waals surface area (Å²) in [5.74, 6) is -1.10. The molecule has 2 bridgehead atoms. The molecule has 3 aliphatic heterocycles. The van der Waals surface area contributed by atoms with Crippen molar-refractivity contribution in [2.75, 3.05) is 20.2 Å². The number of hydrogen-bond donors (Lipinski definition) is 3. The lowest BCUT2D eigenvalue weighted by Gasteiger charge is -2.34. The number of aliphatic hydroxyl groups is 1.